The number of allylic oxidation sites excluding steroid dienone is 1. The molecule has 1 aliphatic heterocycles. The summed E-state index contributed by atoms with van der Waals surface area (Å²) in [5.74, 6) is 0.153. The molecule has 0 unspecified atom stereocenters. The van der Waals surface area contributed by atoms with E-state index in [-0.39, 0.29) is 5.92 Å². The monoisotopic (exact) mass is 369 g/mol. The Hall–Kier alpha value is -2.40. The molecule has 0 fully saturated rings. The third-order valence-corrected chi connectivity index (χ3v) is 6.55. The summed E-state index contributed by atoms with van der Waals surface area (Å²) >= 11 is 0. The predicted molar refractivity (Wildman–Crippen MR) is 102 cm³/mol. The predicted octanol–water partition coefficient (Wildman–Crippen LogP) is 4.04. The second kappa shape index (κ2) is 7.87. The van der Waals surface area contributed by atoms with Gasteiger partial charge in [0.05, 0.1) is 4.90 Å². The van der Waals surface area contributed by atoms with Crippen LogP contribution in [0.1, 0.15) is 36.3 Å². The minimum Gasteiger partial charge on any atom is -0.303 e. The van der Waals surface area contributed by atoms with E-state index in [4.69, 9.17) is 0 Å². The van der Waals surface area contributed by atoms with Crippen LogP contribution in [0.15, 0.2) is 71.3 Å². The smallest absolute Gasteiger partial charge is 0.263 e. The maximum Gasteiger partial charge on any atom is 0.263 e. The number of aldehydes is 1. The largest absolute Gasteiger partial charge is 0.303 e. The Balaban J connectivity index is 1.94. The molecule has 2 aromatic carbocycles. The molecule has 5 heteroatoms. The standard InChI is InChI=1S/C21H23NO3S/c1-17-9-11-20(12-10-17)26(24,25)22-14-13-21(18-6-3-2-4-7-18)19(16-22)8-5-15-23/h2-4,6-7,9-12,15-16,21H,5,8,13-14H2,1H3/t21-/m0/s1. The van der Waals surface area contributed by atoms with Crippen molar-refractivity contribution in [3.8, 4) is 0 Å². The van der Waals surface area contributed by atoms with Crippen molar-refractivity contribution in [3.63, 3.8) is 0 Å². The SMILES string of the molecule is Cc1ccc(S(=O)(=O)N2C=C(CCC=O)[C@H](c3ccccc3)CC2)cc1. The highest BCUT2D eigenvalue weighted by atomic mass is 32.2. The summed E-state index contributed by atoms with van der Waals surface area (Å²) in [7, 11) is -3.57. The summed E-state index contributed by atoms with van der Waals surface area (Å²) in [6, 6.07) is 17.0. The van der Waals surface area contributed by atoms with Gasteiger partial charge in [-0.05, 0) is 43.0 Å². The van der Waals surface area contributed by atoms with Crippen LogP contribution in [-0.4, -0.2) is 25.6 Å². The van der Waals surface area contributed by atoms with Crippen molar-refractivity contribution in [3.05, 3.63) is 77.5 Å². The summed E-state index contributed by atoms with van der Waals surface area (Å²) in [5, 5.41) is 0. The molecule has 0 spiro atoms. The van der Waals surface area contributed by atoms with Crippen LogP contribution in [0, 0.1) is 6.92 Å². The summed E-state index contributed by atoms with van der Waals surface area (Å²) in [4.78, 5) is 11.2. The molecule has 3 rings (SSSR count). The molecule has 0 bridgehead atoms. The van der Waals surface area contributed by atoms with Crippen molar-refractivity contribution < 1.29 is 13.2 Å². The van der Waals surface area contributed by atoms with Crippen molar-refractivity contribution in [1.82, 2.24) is 4.31 Å². The fourth-order valence-electron chi connectivity index (χ4n) is 3.35. The molecule has 0 saturated carbocycles. The highest BCUT2D eigenvalue weighted by Crippen LogP contribution is 2.36. The minimum atomic E-state index is -3.57. The maximum absolute atomic E-state index is 13.0. The molecule has 0 N–H and O–H groups in total. The van der Waals surface area contributed by atoms with Gasteiger partial charge in [0.25, 0.3) is 10.0 Å². The van der Waals surface area contributed by atoms with Gasteiger partial charge in [0, 0.05) is 25.1 Å². The minimum absolute atomic E-state index is 0.153. The first-order valence-electron chi connectivity index (χ1n) is 8.80. The maximum atomic E-state index is 13.0. The lowest BCUT2D eigenvalue weighted by Crippen LogP contribution is -2.32. The number of carbonyl (C=O) groups excluding carboxylic acids is 1. The van der Waals surface area contributed by atoms with Gasteiger partial charge < -0.3 is 4.79 Å². The molecule has 0 amide bonds. The van der Waals surface area contributed by atoms with Crippen LogP contribution in [0.3, 0.4) is 0 Å². The zero-order valence-corrected chi connectivity index (χ0v) is 15.7. The van der Waals surface area contributed by atoms with Crippen molar-refractivity contribution in [2.45, 2.75) is 37.0 Å². The molecule has 0 radical (unpaired) electrons. The zero-order chi connectivity index (χ0) is 18.6. The number of hydrogen-bond acceptors (Lipinski definition) is 3. The Labute approximate surface area is 155 Å². The first-order chi connectivity index (χ1) is 12.5. The Morgan fingerprint density at radius 1 is 1.08 bits per heavy atom. The fraction of sp³-hybridized carbons (Fsp3) is 0.286. The first kappa shape index (κ1) is 18.4. The Morgan fingerprint density at radius 2 is 1.77 bits per heavy atom. The molecular weight excluding hydrogens is 346 g/mol. The van der Waals surface area contributed by atoms with Gasteiger partial charge in [0.1, 0.15) is 6.29 Å². The number of aryl methyl sites for hydroxylation is 1. The average Bonchev–Trinajstić information content (AvgIpc) is 2.67. The third-order valence-electron chi connectivity index (χ3n) is 4.78. The van der Waals surface area contributed by atoms with Crippen LogP contribution in [0.5, 0.6) is 0 Å². The molecule has 1 atom stereocenters. The van der Waals surface area contributed by atoms with Gasteiger partial charge >= 0.3 is 0 Å². The van der Waals surface area contributed by atoms with E-state index in [1.165, 1.54) is 4.31 Å². The Morgan fingerprint density at radius 3 is 2.42 bits per heavy atom. The molecule has 0 aromatic heterocycles. The Bertz CT molecular complexity index is 887. The second-order valence-electron chi connectivity index (χ2n) is 6.59. The van der Waals surface area contributed by atoms with Crippen LogP contribution in [0.2, 0.25) is 0 Å². The van der Waals surface area contributed by atoms with E-state index >= 15 is 0 Å². The lowest BCUT2D eigenvalue weighted by Gasteiger charge is -2.32. The van der Waals surface area contributed by atoms with Gasteiger partial charge in [-0.2, -0.15) is 0 Å². The van der Waals surface area contributed by atoms with E-state index in [0.717, 1.165) is 23.0 Å². The number of rotatable bonds is 6. The highest BCUT2D eigenvalue weighted by molar-refractivity contribution is 7.89. The summed E-state index contributed by atoms with van der Waals surface area (Å²) in [6.45, 7) is 2.36. The van der Waals surface area contributed by atoms with E-state index in [2.05, 4.69) is 12.1 Å². The van der Waals surface area contributed by atoms with E-state index in [1.54, 1.807) is 30.5 Å². The van der Waals surface area contributed by atoms with Crippen LogP contribution < -0.4 is 0 Å². The van der Waals surface area contributed by atoms with Gasteiger partial charge in [0.15, 0.2) is 0 Å². The lowest BCUT2D eigenvalue weighted by atomic mass is 9.85. The van der Waals surface area contributed by atoms with Gasteiger partial charge in [-0.25, -0.2) is 8.42 Å². The van der Waals surface area contributed by atoms with E-state index < -0.39 is 10.0 Å². The van der Waals surface area contributed by atoms with Crippen molar-refractivity contribution in [2.75, 3.05) is 6.54 Å². The summed E-state index contributed by atoms with van der Waals surface area (Å²) < 4.78 is 27.4. The van der Waals surface area contributed by atoms with Gasteiger partial charge in [-0.1, -0.05) is 48.0 Å². The second-order valence-corrected chi connectivity index (χ2v) is 8.48. The molecule has 0 aliphatic carbocycles. The number of hydrogen-bond donors (Lipinski definition) is 0. The third kappa shape index (κ3) is 3.88. The molecule has 2 aromatic rings. The number of carbonyl (C=O) groups is 1. The Kier molecular flexibility index (Phi) is 5.57. The summed E-state index contributed by atoms with van der Waals surface area (Å²) in [5.41, 5.74) is 3.18. The van der Waals surface area contributed by atoms with E-state index in [0.29, 0.717) is 30.7 Å². The molecule has 26 heavy (non-hydrogen) atoms. The molecule has 1 heterocycles. The zero-order valence-electron chi connectivity index (χ0n) is 14.8. The fourth-order valence-corrected chi connectivity index (χ4v) is 4.72. The number of benzene rings is 2. The average molecular weight is 369 g/mol. The van der Waals surface area contributed by atoms with Crippen LogP contribution in [0.25, 0.3) is 0 Å². The van der Waals surface area contributed by atoms with Crippen molar-refractivity contribution in [2.24, 2.45) is 0 Å². The van der Waals surface area contributed by atoms with Crippen LogP contribution in [-0.2, 0) is 14.8 Å². The van der Waals surface area contributed by atoms with Gasteiger partial charge in [-0.3, -0.25) is 4.31 Å². The topological polar surface area (TPSA) is 54.5 Å². The lowest BCUT2D eigenvalue weighted by molar-refractivity contribution is -0.107. The molecule has 1 aliphatic rings. The highest BCUT2D eigenvalue weighted by Gasteiger charge is 2.29. The van der Waals surface area contributed by atoms with E-state index in [9.17, 15) is 13.2 Å². The van der Waals surface area contributed by atoms with Crippen molar-refractivity contribution in [1.29, 1.82) is 0 Å². The van der Waals surface area contributed by atoms with Gasteiger partial charge in [-0.15, -0.1) is 0 Å². The van der Waals surface area contributed by atoms with Crippen LogP contribution in [0.4, 0.5) is 0 Å². The van der Waals surface area contributed by atoms with E-state index in [1.807, 2.05) is 25.1 Å². The molecule has 0 saturated heterocycles. The van der Waals surface area contributed by atoms with Crippen molar-refractivity contribution >= 4 is 16.3 Å². The number of nitrogens with zero attached hydrogens (tertiary/aromatic N) is 1. The van der Waals surface area contributed by atoms with Gasteiger partial charge in [0.2, 0.25) is 0 Å². The number of sulfonamides is 1. The summed E-state index contributed by atoms with van der Waals surface area (Å²) in [6.07, 6.45) is 4.30. The first-order valence-corrected chi connectivity index (χ1v) is 10.2. The molecular formula is C21H23NO3S. The molecule has 136 valence electrons. The van der Waals surface area contributed by atoms with Crippen LogP contribution >= 0.6 is 0 Å². The normalized spacial score (nSPS) is 17.7. The molecule has 4 nitrogen and oxygen atoms in total. The quantitative estimate of drug-likeness (QED) is 0.722.